The summed E-state index contributed by atoms with van der Waals surface area (Å²) < 4.78 is 33.1. The number of amides is 1. The topological polar surface area (TPSA) is 75.7 Å². The van der Waals surface area contributed by atoms with Crippen LogP contribution in [0.5, 0.6) is 5.75 Å². The van der Waals surface area contributed by atoms with E-state index in [1.54, 1.807) is 19.1 Å². The second-order valence-corrected chi connectivity index (χ2v) is 9.45. The van der Waals surface area contributed by atoms with E-state index in [4.69, 9.17) is 4.74 Å². The average molecular weight is 417 g/mol. The minimum absolute atomic E-state index is 0.205. The highest BCUT2D eigenvalue weighted by molar-refractivity contribution is 7.89. The number of carbonyl (C=O) groups excluding carboxylic acids is 1. The molecule has 156 valence electrons. The standard InChI is InChI=1S/C22H28N2O4S/c1-16-8-4-5-9-20(16)28-15-18(3)23-22(25)19-11-10-17(2)21(14-19)29(26,27)24-12-6-7-13-24/h4-5,8-11,14,18H,6-7,12-13,15H2,1-3H3,(H,23,25)/t18-/m1/s1. The zero-order valence-corrected chi connectivity index (χ0v) is 18.0. The van der Waals surface area contributed by atoms with Gasteiger partial charge in [0.05, 0.1) is 10.9 Å². The molecule has 3 rings (SSSR count). The van der Waals surface area contributed by atoms with Crippen LogP contribution >= 0.6 is 0 Å². The molecule has 1 saturated heterocycles. The maximum absolute atomic E-state index is 12.9. The molecule has 0 radical (unpaired) electrons. The Morgan fingerprint density at radius 3 is 2.48 bits per heavy atom. The van der Waals surface area contributed by atoms with Crippen molar-refractivity contribution in [3.63, 3.8) is 0 Å². The highest BCUT2D eigenvalue weighted by Gasteiger charge is 2.29. The monoisotopic (exact) mass is 416 g/mol. The molecular weight excluding hydrogens is 388 g/mol. The van der Waals surface area contributed by atoms with Crippen LogP contribution in [0.25, 0.3) is 0 Å². The first-order chi connectivity index (χ1) is 13.8. The predicted octanol–water partition coefficient (Wildman–Crippen LogP) is 3.29. The normalized spacial score (nSPS) is 15.8. The van der Waals surface area contributed by atoms with Gasteiger partial charge in [-0.15, -0.1) is 0 Å². The van der Waals surface area contributed by atoms with Crippen molar-refractivity contribution < 1.29 is 17.9 Å². The van der Waals surface area contributed by atoms with E-state index in [0.717, 1.165) is 24.2 Å². The average Bonchev–Trinajstić information content (AvgIpc) is 3.23. The molecule has 1 N–H and O–H groups in total. The Hall–Kier alpha value is -2.38. The van der Waals surface area contributed by atoms with Gasteiger partial charge in [-0.05, 0) is 62.9 Å². The van der Waals surface area contributed by atoms with Crippen LogP contribution in [0.1, 0.15) is 41.3 Å². The summed E-state index contributed by atoms with van der Waals surface area (Å²) in [6.45, 7) is 6.96. The molecule has 6 nitrogen and oxygen atoms in total. The van der Waals surface area contributed by atoms with Gasteiger partial charge in [0.25, 0.3) is 5.91 Å². The summed E-state index contributed by atoms with van der Waals surface area (Å²) in [5.41, 5.74) is 2.00. The molecule has 1 aliphatic heterocycles. The third-order valence-corrected chi connectivity index (χ3v) is 7.13. The summed E-state index contributed by atoms with van der Waals surface area (Å²) in [5, 5.41) is 2.88. The molecule has 2 aromatic carbocycles. The number of hydrogen-bond donors (Lipinski definition) is 1. The van der Waals surface area contributed by atoms with Gasteiger partial charge in [-0.2, -0.15) is 4.31 Å². The van der Waals surface area contributed by atoms with Crippen molar-refractivity contribution in [1.82, 2.24) is 9.62 Å². The lowest BCUT2D eigenvalue weighted by Crippen LogP contribution is -2.37. The second-order valence-electron chi connectivity index (χ2n) is 7.54. The number of nitrogens with one attached hydrogen (secondary N) is 1. The molecule has 0 spiro atoms. The van der Waals surface area contributed by atoms with Gasteiger partial charge < -0.3 is 10.1 Å². The largest absolute Gasteiger partial charge is 0.491 e. The Balaban J connectivity index is 1.68. The summed E-state index contributed by atoms with van der Waals surface area (Å²) in [6, 6.07) is 12.3. The van der Waals surface area contributed by atoms with Crippen LogP contribution in [0.15, 0.2) is 47.4 Å². The number of para-hydroxylation sites is 1. The molecule has 1 amide bonds. The van der Waals surface area contributed by atoms with E-state index in [1.165, 1.54) is 10.4 Å². The molecule has 1 fully saturated rings. The van der Waals surface area contributed by atoms with Crippen molar-refractivity contribution in [3.8, 4) is 5.75 Å². The zero-order chi connectivity index (χ0) is 21.0. The van der Waals surface area contributed by atoms with E-state index in [2.05, 4.69) is 5.32 Å². The number of nitrogens with zero attached hydrogens (tertiary/aromatic N) is 1. The Morgan fingerprint density at radius 2 is 1.79 bits per heavy atom. The maximum atomic E-state index is 12.9. The van der Waals surface area contributed by atoms with Gasteiger partial charge in [-0.25, -0.2) is 8.42 Å². The van der Waals surface area contributed by atoms with Gasteiger partial charge in [0.2, 0.25) is 10.0 Å². The highest BCUT2D eigenvalue weighted by atomic mass is 32.2. The smallest absolute Gasteiger partial charge is 0.251 e. The van der Waals surface area contributed by atoms with Crippen molar-refractivity contribution in [1.29, 1.82) is 0 Å². The van der Waals surface area contributed by atoms with E-state index in [9.17, 15) is 13.2 Å². The van der Waals surface area contributed by atoms with Crippen LogP contribution in [-0.4, -0.2) is 44.4 Å². The predicted molar refractivity (Wildman–Crippen MR) is 113 cm³/mol. The molecular formula is C22H28N2O4S. The lowest BCUT2D eigenvalue weighted by molar-refractivity contribution is 0.0926. The Labute approximate surface area is 172 Å². The number of benzene rings is 2. The van der Waals surface area contributed by atoms with Crippen LogP contribution in [0.2, 0.25) is 0 Å². The van der Waals surface area contributed by atoms with Gasteiger partial charge >= 0.3 is 0 Å². The van der Waals surface area contributed by atoms with Gasteiger partial charge in [0.1, 0.15) is 12.4 Å². The van der Waals surface area contributed by atoms with Crippen LogP contribution in [-0.2, 0) is 10.0 Å². The Morgan fingerprint density at radius 1 is 1.10 bits per heavy atom. The molecule has 7 heteroatoms. The number of rotatable bonds is 7. The van der Waals surface area contributed by atoms with Crippen molar-refractivity contribution in [2.75, 3.05) is 19.7 Å². The Bertz CT molecular complexity index is 982. The summed E-state index contributed by atoms with van der Waals surface area (Å²) in [7, 11) is -3.58. The number of sulfonamides is 1. The van der Waals surface area contributed by atoms with Crippen molar-refractivity contribution in [2.45, 2.75) is 44.6 Å². The second kappa shape index (κ2) is 8.97. The molecule has 1 heterocycles. The van der Waals surface area contributed by atoms with E-state index < -0.39 is 10.0 Å². The first kappa shape index (κ1) is 21.3. The molecule has 29 heavy (non-hydrogen) atoms. The van der Waals surface area contributed by atoms with Gasteiger partial charge in [-0.3, -0.25) is 4.79 Å². The molecule has 0 aliphatic carbocycles. The third-order valence-electron chi connectivity index (χ3n) is 5.09. The fourth-order valence-corrected chi connectivity index (χ4v) is 5.14. The summed E-state index contributed by atoms with van der Waals surface area (Å²) in [5.74, 6) is 0.465. The van der Waals surface area contributed by atoms with E-state index in [0.29, 0.717) is 30.8 Å². The fraction of sp³-hybridized carbons (Fsp3) is 0.409. The lowest BCUT2D eigenvalue weighted by atomic mass is 10.1. The van der Waals surface area contributed by atoms with Gasteiger partial charge in [-0.1, -0.05) is 24.3 Å². The number of aryl methyl sites for hydroxylation is 2. The van der Waals surface area contributed by atoms with Gasteiger partial charge in [0, 0.05) is 18.7 Å². The fourth-order valence-electron chi connectivity index (χ4n) is 3.37. The number of carbonyl (C=O) groups is 1. The van der Waals surface area contributed by atoms with Gasteiger partial charge in [0.15, 0.2) is 0 Å². The summed E-state index contributed by atoms with van der Waals surface area (Å²) in [4.78, 5) is 12.9. The molecule has 0 saturated carbocycles. The van der Waals surface area contributed by atoms with Crippen LogP contribution in [0.3, 0.4) is 0 Å². The molecule has 0 unspecified atom stereocenters. The third kappa shape index (κ3) is 4.97. The van der Waals surface area contributed by atoms with Crippen molar-refractivity contribution in [2.24, 2.45) is 0 Å². The van der Waals surface area contributed by atoms with Crippen LogP contribution < -0.4 is 10.1 Å². The summed E-state index contributed by atoms with van der Waals surface area (Å²) in [6.07, 6.45) is 1.74. The quantitative estimate of drug-likeness (QED) is 0.752. The zero-order valence-electron chi connectivity index (χ0n) is 17.1. The highest BCUT2D eigenvalue weighted by Crippen LogP contribution is 2.24. The molecule has 0 aromatic heterocycles. The maximum Gasteiger partial charge on any atom is 0.251 e. The molecule has 1 atom stereocenters. The Kier molecular flexibility index (Phi) is 6.59. The minimum Gasteiger partial charge on any atom is -0.491 e. The number of ether oxygens (including phenoxy) is 1. The van der Waals surface area contributed by atoms with Crippen LogP contribution in [0.4, 0.5) is 0 Å². The molecule has 0 bridgehead atoms. The van der Waals surface area contributed by atoms with Crippen molar-refractivity contribution >= 4 is 15.9 Å². The first-order valence-electron chi connectivity index (χ1n) is 9.89. The molecule has 1 aliphatic rings. The lowest BCUT2D eigenvalue weighted by Gasteiger charge is -2.19. The number of hydrogen-bond acceptors (Lipinski definition) is 4. The van der Waals surface area contributed by atoms with Crippen LogP contribution in [0, 0.1) is 13.8 Å². The van der Waals surface area contributed by atoms with E-state index in [1.807, 2.05) is 38.1 Å². The summed E-state index contributed by atoms with van der Waals surface area (Å²) >= 11 is 0. The van der Waals surface area contributed by atoms with Crippen molar-refractivity contribution in [3.05, 3.63) is 59.2 Å². The molecule has 2 aromatic rings. The minimum atomic E-state index is -3.58. The van der Waals surface area contributed by atoms with E-state index in [-0.39, 0.29) is 16.8 Å². The SMILES string of the molecule is Cc1ccccc1OC[C@@H](C)NC(=O)c1ccc(C)c(S(=O)(=O)N2CCCC2)c1. The first-order valence-corrected chi connectivity index (χ1v) is 11.3. The van der Waals surface area contributed by atoms with E-state index >= 15 is 0 Å².